The van der Waals surface area contributed by atoms with E-state index >= 15 is 0 Å². The van der Waals surface area contributed by atoms with Crippen LogP contribution >= 0.6 is 11.3 Å². The molecule has 146 valence electrons. The highest BCUT2D eigenvalue weighted by molar-refractivity contribution is 7.19. The molecule has 3 heterocycles. The van der Waals surface area contributed by atoms with Crippen LogP contribution in [0.3, 0.4) is 0 Å². The van der Waals surface area contributed by atoms with Gasteiger partial charge in [0.05, 0.1) is 17.5 Å². The molecule has 0 bridgehead atoms. The predicted molar refractivity (Wildman–Crippen MR) is 117 cm³/mol. The van der Waals surface area contributed by atoms with Gasteiger partial charge in [0.15, 0.2) is 0 Å². The molecular formula is C24H22N2O2S. The van der Waals surface area contributed by atoms with Crippen molar-refractivity contribution in [2.45, 2.75) is 18.9 Å². The SMILES string of the molecule is O=C(O)C1CCN(C(c2cc3ccccc3s2)c2ccnc3ccccc23)CC1. The van der Waals surface area contributed by atoms with Crippen molar-refractivity contribution >= 4 is 38.3 Å². The maximum Gasteiger partial charge on any atom is 0.306 e. The number of aliphatic carboxylic acids is 1. The number of carboxylic acid groups (broad SMARTS) is 1. The van der Waals surface area contributed by atoms with Gasteiger partial charge in [-0.25, -0.2) is 0 Å². The molecule has 1 aliphatic rings. The third-order valence-corrected chi connectivity index (χ3v) is 7.10. The summed E-state index contributed by atoms with van der Waals surface area (Å²) in [5.74, 6) is -0.902. The average molecular weight is 403 g/mol. The van der Waals surface area contributed by atoms with Crippen LogP contribution in [0.1, 0.15) is 29.3 Å². The van der Waals surface area contributed by atoms with E-state index < -0.39 is 5.97 Å². The Morgan fingerprint density at radius 2 is 1.83 bits per heavy atom. The van der Waals surface area contributed by atoms with Gasteiger partial charge in [-0.3, -0.25) is 14.7 Å². The first kappa shape index (κ1) is 18.3. The summed E-state index contributed by atoms with van der Waals surface area (Å²) in [5, 5.41) is 11.8. The molecule has 5 heteroatoms. The van der Waals surface area contributed by atoms with Gasteiger partial charge in [-0.15, -0.1) is 11.3 Å². The molecule has 1 unspecified atom stereocenters. The molecule has 5 rings (SSSR count). The number of para-hydroxylation sites is 1. The van der Waals surface area contributed by atoms with Crippen molar-refractivity contribution in [1.29, 1.82) is 0 Å². The molecule has 0 aliphatic carbocycles. The fraction of sp³-hybridized carbons (Fsp3) is 0.250. The van der Waals surface area contributed by atoms with Crippen molar-refractivity contribution < 1.29 is 9.90 Å². The molecule has 29 heavy (non-hydrogen) atoms. The Bertz CT molecular complexity index is 1140. The Labute approximate surface area is 173 Å². The van der Waals surface area contributed by atoms with Gasteiger partial charge in [-0.2, -0.15) is 0 Å². The number of thiophene rings is 1. The number of benzene rings is 2. The first-order valence-electron chi connectivity index (χ1n) is 10.00. The first-order chi connectivity index (χ1) is 14.2. The Morgan fingerprint density at radius 3 is 2.62 bits per heavy atom. The van der Waals surface area contributed by atoms with Gasteiger partial charge in [0, 0.05) is 21.2 Å². The lowest BCUT2D eigenvalue weighted by Crippen LogP contribution is -2.39. The third-order valence-electron chi connectivity index (χ3n) is 5.94. The minimum Gasteiger partial charge on any atom is -0.481 e. The molecule has 2 aromatic heterocycles. The lowest BCUT2D eigenvalue weighted by atomic mass is 9.92. The van der Waals surface area contributed by atoms with Crippen LogP contribution in [0.25, 0.3) is 21.0 Å². The van der Waals surface area contributed by atoms with Crippen LogP contribution < -0.4 is 0 Å². The second-order valence-electron chi connectivity index (χ2n) is 7.65. The number of hydrogen-bond acceptors (Lipinski definition) is 4. The lowest BCUT2D eigenvalue weighted by molar-refractivity contribution is -0.143. The maximum absolute atomic E-state index is 11.4. The molecule has 0 radical (unpaired) electrons. The largest absolute Gasteiger partial charge is 0.481 e. The lowest BCUT2D eigenvalue weighted by Gasteiger charge is -2.36. The van der Waals surface area contributed by atoms with E-state index in [9.17, 15) is 9.90 Å². The van der Waals surface area contributed by atoms with Crippen molar-refractivity contribution in [3.8, 4) is 0 Å². The highest BCUT2D eigenvalue weighted by atomic mass is 32.1. The van der Waals surface area contributed by atoms with Crippen LogP contribution in [0.5, 0.6) is 0 Å². The van der Waals surface area contributed by atoms with E-state index in [1.165, 1.54) is 20.5 Å². The number of likely N-dealkylation sites (tertiary alicyclic amines) is 1. The molecule has 4 aromatic rings. The van der Waals surface area contributed by atoms with Crippen LogP contribution in [-0.2, 0) is 4.79 Å². The zero-order chi connectivity index (χ0) is 19.8. The number of piperidine rings is 1. The van der Waals surface area contributed by atoms with Gasteiger partial charge in [0.2, 0.25) is 0 Å². The van der Waals surface area contributed by atoms with Crippen molar-refractivity contribution in [1.82, 2.24) is 9.88 Å². The van der Waals surface area contributed by atoms with Crippen molar-refractivity contribution in [3.63, 3.8) is 0 Å². The molecule has 1 saturated heterocycles. The molecule has 1 atom stereocenters. The van der Waals surface area contributed by atoms with Gasteiger partial charge in [-0.05, 0) is 61.1 Å². The molecule has 2 aromatic carbocycles. The van der Waals surface area contributed by atoms with Crippen LogP contribution in [0.15, 0.2) is 66.9 Å². The summed E-state index contributed by atoms with van der Waals surface area (Å²) in [6.45, 7) is 1.57. The zero-order valence-electron chi connectivity index (χ0n) is 16.0. The number of rotatable bonds is 4. The van der Waals surface area contributed by atoms with Gasteiger partial charge in [0.1, 0.15) is 0 Å². The quantitative estimate of drug-likeness (QED) is 0.501. The summed E-state index contributed by atoms with van der Waals surface area (Å²) < 4.78 is 1.28. The molecular weight excluding hydrogens is 380 g/mol. The molecule has 1 fully saturated rings. The fourth-order valence-electron chi connectivity index (χ4n) is 4.43. The van der Waals surface area contributed by atoms with Gasteiger partial charge in [-0.1, -0.05) is 36.4 Å². The summed E-state index contributed by atoms with van der Waals surface area (Å²) in [6, 6.07) is 21.3. The van der Waals surface area contributed by atoms with E-state index in [1.807, 2.05) is 23.6 Å². The van der Waals surface area contributed by atoms with E-state index in [1.54, 1.807) is 0 Å². The second kappa shape index (κ2) is 7.58. The molecule has 0 saturated carbocycles. The highest BCUT2D eigenvalue weighted by Gasteiger charge is 2.31. The van der Waals surface area contributed by atoms with E-state index in [0.717, 1.165) is 24.0 Å². The van der Waals surface area contributed by atoms with E-state index in [4.69, 9.17) is 0 Å². The number of fused-ring (bicyclic) bond motifs is 2. The third kappa shape index (κ3) is 3.41. The molecule has 0 amide bonds. The Balaban J connectivity index is 1.62. The number of carboxylic acids is 1. The minimum atomic E-state index is -0.669. The zero-order valence-corrected chi connectivity index (χ0v) is 16.8. The molecule has 1 aliphatic heterocycles. The van der Waals surface area contributed by atoms with Crippen molar-refractivity contribution in [2.75, 3.05) is 13.1 Å². The standard InChI is InChI=1S/C24H22N2O2S/c27-24(28)16-10-13-26(14-11-16)23(22-15-17-5-1-4-8-21(17)29-22)19-9-12-25-20-7-3-2-6-18(19)20/h1-9,12,15-16,23H,10-11,13-14H2,(H,27,28). The monoisotopic (exact) mass is 402 g/mol. The van der Waals surface area contributed by atoms with Crippen LogP contribution in [0, 0.1) is 5.92 Å². The van der Waals surface area contributed by atoms with E-state index in [0.29, 0.717) is 12.8 Å². The van der Waals surface area contributed by atoms with E-state index in [-0.39, 0.29) is 12.0 Å². The Kier molecular flexibility index (Phi) is 4.78. The molecule has 1 N–H and O–H groups in total. The predicted octanol–water partition coefficient (Wildman–Crippen LogP) is 5.34. The summed E-state index contributed by atoms with van der Waals surface area (Å²) >= 11 is 1.83. The number of carbonyl (C=O) groups is 1. The first-order valence-corrected chi connectivity index (χ1v) is 10.8. The van der Waals surface area contributed by atoms with E-state index in [2.05, 4.69) is 64.5 Å². The smallest absolute Gasteiger partial charge is 0.306 e. The minimum absolute atomic E-state index is 0.107. The summed E-state index contributed by atoms with van der Waals surface area (Å²) in [6.07, 6.45) is 3.28. The Hall–Kier alpha value is -2.76. The van der Waals surface area contributed by atoms with Crippen LogP contribution in [-0.4, -0.2) is 34.0 Å². The number of aromatic nitrogens is 1. The molecule has 0 spiro atoms. The van der Waals surface area contributed by atoms with Crippen molar-refractivity contribution in [3.05, 3.63) is 77.3 Å². The summed E-state index contributed by atoms with van der Waals surface area (Å²) in [5.41, 5.74) is 2.24. The van der Waals surface area contributed by atoms with Gasteiger partial charge in [0.25, 0.3) is 0 Å². The number of hydrogen-bond donors (Lipinski definition) is 1. The number of nitrogens with zero attached hydrogens (tertiary/aromatic N) is 2. The van der Waals surface area contributed by atoms with Crippen molar-refractivity contribution in [2.24, 2.45) is 5.92 Å². The second-order valence-corrected chi connectivity index (χ2v) is 8.77. The summed E-state index contributed by atoms with van der Waals surface area (Å²) in [4.78, 5) is 19.7. The fourth-order valence-corrected chi connectivity index (χ4v) is 5.65. The molecule has 4 nitrogen and oxygen atoms in total. The van der Waals surface area contributed by atoms with Gasteiger partial charge >= 0.3 is 5.97 Å². The topological polar surface area (TPSA) is 53.4 Å². The van der Waals surface area contributed by atoms with Crippen LogP contribution in [0.4, 0.5) is 0 Å². The average Bonchev–Trinajstić information content (AvgIpc) is 3.18. The summed E-state index contributed by atoms with van der Waals surface area (Å²) in [7, 11) is 0. The van der Waals surface area contributed by atoms with Gasteiger partial charge < -0.3 is 5.11 Å². The maximum atomic E-state index is 11.4. The normalized spacial score (nSPS) is 17.0. The van der Waals surface area contributed by atoms with Crippen LogP contribution in [0.2, 0.25) is 0 Å². The highest BCUT2D eigenvalue weighted by Crippen LogP contribution is 2.40. The Morgan fingerprint density at radius 1 is 1.07 bits per heavy atom. The number of pyridine rings is 1.